The number of aryl methyl sites for hydroxylation is 1. The van der Waals surface area contributed by atoms with Gasteiger partial charge in [-0.1, -0.05) is 32.6 Å². The number of allylic oxidation sites excluding steroid dienone is 1. The molecule has 0 spiro atoms. The van der Waals surface area contributed by atoms with Crippen LogP contribution in [0.2, 0.25) is 0 Å². The minimum Gasteiger partial charge on any atom is -0.258 e. The third kappa shape index (κ3) is 4.18. The standard InChI is InChI=1S/C16H23N/c1-11(2)9-15-8-7-13(5)16(10-15)14(6)17-12(3)4/h7-8,10-11H,3,9H2,1-2,4-6H3. The zero-order chi connectivity index (χ0) is 13.0. The SMILES string of the molecule is C=C(C)N=C(C)c1cc(CC(C)C)ccc1C. The number of aliphatic imine (C=N–C) groups is 1. The highest BCUT2D eigenvalue weighted by molar-refractivity contribution is 6.00. The molecule has 1 nitrogen and oxygen atoms in total. The molecule has 0 saturated carbocycles. The quantitative estimate of drug-likeness (QED) is 0.672. The predicted molar refractivity (Wildman–Crippen MR) is 76.7 cm³/mol. The smallest absolute Gasteiger partial charge is 0.0450 e. The summed E-state index contributed by atoms with van der Waals surface area (Å²) in [6, 6.07) is 6.66. The highest BCUT2D eigenvalue weighted by atomic mass is 14.7. The summed E-state index contributed by atoms with van der Waals surface area (Å²) in [5.41, 5.74) is 5.82. The molecular weight excluding hydrogens is 206 g/mol. The maximum absolute atomic E-state index is 4.45. The summed E-state index contributed by atoms with van der Waals surface area (Å²) in [7, 11) is 0. The number of hydrogen-bond donors (Lipinski definition) is 0. The highest BCUT2D eigenvalue weighted by Crippen LogP contribution is 2.16. The van der Waals surface area contributed by atoms with Gasteiger partial charge in [-0.2, -0.15) is 0 Å². The van der Waals surface area contributed by atoms with E-state index in [9.17, 15) is 0 Å². The van der Waals surface area contributed by atoms with E-state index < -0.39 is 0 Å². The lowest BCUT2D eigenvalue weighted by atomic mass is 9.96. The lowest BCUT2D eigenvalue weighted by Gasteiger charge is -2.10. The summed E-state index contributed by atoms with van der Waals surface area (Å²) in [4.78, 5) is 4.45. The molecule has 0 saturated heterocycles. The molecule has 0 amide bonds. The fourth-order valence-electron chi connectivity index (χ4n) is 2.00. The van der Waals surface area contributed by atoms with Crippen molar-refractivity contribution in [2.24, 2.45) is 10.9 Å². The minimum atomic E-state index is 0.684. The highest BCUT2D eigenvalue weighted by Gasteiger charge is 2.05. The molecule has 0 aliphatic carbocycles. The van der Waals surface area contributed by atoms with Gasteiger partial charge in [0.15, 0.2) is 0 Å². The molecule has 17 heavy (non-hydrogen) atoms. The van der Waals surface area contributed by atoms with Crippen LogP contribution in [0.4, 0.5) is 0 Å². The fraction of sp³-hybridized carbons (Fsp3) is 0.438. The molecule has 0 radical (unpaired) electrons. The van der Waals surface area contributed by atoms with E-state index >= 15 is 0 Å². The van der Waals surface area contributed by atoms with Gasteiger partial charge in [-0.25, -0.2) is 0 Å². The summed E-state index contributed by atoms with van der Waals surface area (Å²) in [6.45, 7) is 14.4. The van der Waals surface area contributed by atoms with Crippen LogP contribution in [0.15, 0.2) is 35.5 Å². The summed E-state index contributed by atoms with van der Waals surface area (Å²) in [5, 5.41) is 0. The number of hydrogen-bond acceptors (Lipinski definition) is 1. The van der Waals surface area contributed by atoms with Gasteiger partial charge >= 0.3 is 0 Å². The van der Waals surface area contributed by atoms with E-state index in [0.29, 0.717) is 5.92 Å². The van der Waals surface area contributed by atoms with Crippen LogP contribution in [0.25, 0.3) is 0 Å². The molecule has 0 aromatic heterocycles. The van der Waals surface area contributed by atoms with Crippen molar-refractivity contribution in [2.75, 3.05) is 0 Å². The zero-order valence-electron chi connectivity index (χ0n) is 11.7. The van der Waals surface area contributed by atoms with Crippen molar-refractivity contribution in [2.45, 2.75) is 41.0 Å². The topological polar surface area (TPSA) is 12.4 Å². The second-order valence-electron chi connectivity index (χ2n) is 5.18. The average molecular weight is 229 g/mol. The minimum absolute atomic E-state index is 0.684. The molecule has 0 heterocycles. The van der Waals surface area contributed by atoms with E-state index in [1.54, 1.807) is 0 Å². The van der Waals surface area contributed by atoms with Gasteiger partial charge in [-0.3, -0.25) is 4.99 Å². The van der Waals surface area contributed by atoms with Crippen LogP contribution in [0.5, 0.6) is 0 Å². The van der Waals surface area contributed by atoms with Gasteiger partial charge in [-0.15, -0.1) is 0 Å². The van der Waals surface area contributed by atoms with Gasteiger partial charge in [0.2, 0.25) is 0 Å². The van der Waals surface area contributed by atoms with Crippen molar-refractivity contribution in [3.05, 3.63) is 47.2 Å². The van der Waals surface area contributed by atoms with Gasteiger partial charge in [-0.05, 0) is 55.9 Å². The predicted octanol–water partition coefficient (Wildman–Crippen LogP) is 4.54. The van der Waals surface area contributed by atoms with Gasteiger partial charge in [0.25, 0.3) is 0 Å². The van der Waals surface area contributed by atoms with Crippen LogP contribution in [0, 0.1) is 12.8 Å². The van der Waals surface area contributed by atoms with Crippen molar-refractivity contribution in [3.8, 4) is 0 Å². The summed E-state index contributed by atoms with van der Waals surface area (Å²) < 4.78 is 0. The Hall–Kier alpha value is -1.37. The molecule has 0 N–H and O–H groups in total. The van der Waals surface area contributed by atoms with E-state index in [2.05, 4.69) is 57.5 Å². The third-order valence-electron chi connectivity index (χ3n) is 2.69. The van der Waals surface area contributed by atoms with Crippen molar-refractivity contribution in [1.82, 2.24) is 0 Å². The second-order valence-corrected chi connectivity index (χ2v) is 5.18. The molecular formula is C16H23N. The van der Waals surface area contributed by atoms with Crippen LogP contribution in [0.1, 0.15) is 44.4 Å². The Balaban J connectivity index is 3.10. The van der Waals surface area contributed by atoms with Crippen LogP contribution in [-0.2, 0) is 6.42 Å². The maximum Gasteiger partial charge on any atom is 0.0450 e. The molecule has 92 valence electrons. The van der Waals surface area contributed by atoms with Gasteiger partial charge < -0.3 is 0 Å². The van der Waals surface area contributed by atoms with E-state index in [4.69, 9.17) is 0 Å². The number of benzene rings is 1. The van der Waals surface area contributed by atoms with Crippen LogP contribution < -0.4 is 0 Å². The Morgan fingerprint density at radius 2 is 1.94 bits per heavy atom. The van der Waals surface area contributed by atoms with E-state index in [1.165, 1.54) is 16.7 Å². The van der Waals surface area contributed by atoms with Crippen molar-refractivity contribution < 1.29 is 0 Å². The molecule has 0 aliphatic heterocycles. The largest absolute Gasteiger partial charge is 0.258 e. The molecule has 1 heteroatoms. The van der Waals surface area contributed by atoms with E-state index in [1.807, 2.05) is 6.92 Å². The second kappa shape index (κ2) is 5.81. The Bertz CT molecular complexity index is 439. The third-order valence-corrected chi connectivity index (χ3v) is 2.69. The Kier molecular flexibility index (Phi) is 4.68. The van der Waals surface area contributed by atoms with Gasteiger partial charge in [0, 0.05) is 11.4 Å². The lowest BCUT2D eigenvalue weighted by Crippen LogP contribution is -2.02. The first-order valence-corrected chi connectivity index (χ1v) is 6.21. The maximum atomic E-state index is 4.45. The first-order chi connectivity index (χ1) is 7.90. The zero-order valence-corrected chi connectivity index (χ0v) is 11.7. The average Bonchev–Trinajstić information content (AvgIpc) is 2.19. The first kappa shape index (κ1) is 13.7. The monoisotopic (exact) mass is 229 g/mol. The van der Waals surface area contributed by atoms with Crippen LogP contribution >= 0.6 is 0 Å². The normalized spacial score (nSPS) is 12.0. The van der Waals surface area contributed by atoms with Crippen molar-refractivity contribution in [3.63, 3.8) is 0 Å². The first-order valence-electron chi connectivity index (χ1n) is 6.21. The molecule has 0 fully saturated rings. The molecule has 1 aromatic rings. The van der Waals surface area contributed by atoms with Gasteiger partial charge in [0.05, 0.1) is 0 Å². The Morgan fingerprint density at radius 1 is 1.29 bits per heavy atom. The molecule has 0 bridgehead atoms. The Labute approximate surface area is 105 Å². The van der Waals surface area contributed by atoms with Gasteiger partial charge in [0.1, 0.15) is 0 Å². The number of nitrogens with zero attached hydrogens (tertiary/aromatic N) is 1. The summed E-state index contributed by atoms with van der Waals surface area (Å²) in [5.74, 6) is 0.684. The van der Waals surface area contributed by atoms with E-state index in [0.717, 1.165) is 17.8 Å². The van der Waals surface area contributed by atoms with Crippen LogP contribution in [-0.4, -0.2) is 5.71 Å². The molecule has 0 unspecified atom stereocenters. The summed E-state index contributed by atoms with van der Waals surface area (Å²) >= 11 is 0. The van der Waals surface area contributed by atoms with Crippen LogP contribution in [0.3, 0.4) is 0 Å². The lowest BCUT2D eigenvalue weighted by molar-refractivity contribution is 0.647. The fourth-order valence-corrected chi connectivity index (χ4v) is 2.00. The molecule has 0 atom stereocenters. The Morgan fingerprint density at radius 3 is 2.47 bits per heavy atom. The van der Waals surface area contributed by atoms with E-state index in [-0.39, 0.29) is 0 Å². The molecule has 1 aromatic carbocycles. The van der Waals surface area contributed by atoms with Crippen molar-refractivity contribution >= 4 is 5.71 Å². The van der Waals surface area contributed by atoms with Crippen molar-refractivity contribution in [1.29, 1.82) is 0 Å². The summed E-state index contributed by atoms with van der Waals surface area (Å²) in [6.07, 6.45) is 1.12. The molecule has 0 aliphatic rings. The number of rotatable bonds is 4. The molecule has 1 rings (SSSR count).